The van der Waals surface area contributed by atoms with E-state index in [4.69, 9.17) is 4.74 Å². The number of hydrogen-bond donors (Lipinski definition) is 1. The lowest BCUT2D eigenvalue weighted by atomic mass is 10.2. The highest BCUT2D eigenvalue weighted by Crippen LogP contribution is 2.22. The van der Waals surface area contributed by atoms with Crippen molar-refractivity contribution in [3.05, 3.63) is 96.8 Å². The van der Waals surface area contributed by atoms with Crippen LogP contribution in [0.5, 0.6) is 5.88 Å². The summed E-state index contributed by atoms with van der Waals surface area (Å²) in [5, 5.41) is 2.55. The van der Waals surface area contributed by atoms with Gasteiger partial charge in [-0.15, -0.1) is 0 Å². The largest absolute Gasteiger partial charge is 0.481 e. The second-order valence-electron chi connectivity index (χ2n) is 7.74. The predicted molar refractivity (Wildman–Crippen MR) is 125 cm³/mol. The Morgan fingerprint density at radius 3 is 2.59 bits per heavy atom. The van der Waals surface area contributed by atoms with E-state index >= 15 is 0 Å². The summed E-state index contributed by atoms with van der Waals surface area (Å²) >= 11 is 0. The van der Waals surface area contributed by atoms with E-state index in [0.29, 0.717) is 11.4 Å². The van der Waals surface area contributed by atoms with Gasteiger partial charge in [0.1, 0.15) is 4.91 Å². The second-order valence-corrected chi connectivity index (χ2v) is 9.70. The number of nitrogens with one attached hydrogen (secondary N) is 1. The lowest BCUT2D eigenvalue weighted by Gasteiger charge is -2.21. The molecule has 0 atom stereocenters. The summed E-state index contributed by atoms with van der Waals surface area (Å²) in [6.07, 6.45) is 2.49. The molecule has 176 valence electrons. The van der Waals surface area contributed by atoms with Crippen LogP contribution in [-0.4, -0.2) is 35.6 Å². The Balaban J connectivity index is 1.71. The van der Waals surface area contributed by atoms with E-state index in [0.717, 1.165) is 20.9 Å². The third kappa shape index (κ3) is 4.42. The molecule has 1 aliphatic heterocycles. The number of aromatic nitrogens is 3. The number of methoxy groups -OCH3 is 1. The molecule has 3 aromatic rings. The molecule has 0 aliphatic carbocycles. The van der Waals surface area contributed by atoms with E-state index in [1.165, 1.54) is 20.2 Å². The van der Waals surface area contributed by atoms with E-state index < -0.39 is 37.7 Å². The van der Waals surface area contributed by atoms with Crippen molar-refractivity contribution < 1.29 is 17.9 Å². The molecular weight excluding hydrogens is 460 g/mol. The number of carbonyl (C=O) groups excluding carboxylic acids is 1. The monoisotopic (exact) mass is 482 g/mol. The van der Waals surface area contributed by atoms with E-state index in [1.807, 2.05) is 6.07 Å². The van der Waals surface area contributed by atoms with Crippen LogP contribution in [-0.2, 0) is 33.5 Å². The molecular formula is C23H22N4O6S. The molecule has 2 aromatic heterocycles. The van der Waals surface area contributed by atoms with E-state index in [-0.39, 0.29) is 24.3 Å². The SMILES string of the molecule is COc1cc(CNC(=O)C2=Cn3c(c(C)c(=O)n(Cc4ccccc4)c3=O)CS2(=O)=O)ccn1. The van der Waals surface area contributed by atoms with Crippen LogP contribution in [0.15, 0.2) is 63.2 Å². The van der Waals surface area contributed by atoms with E-state index in [9.17, 15) is 22.8 Å². The van der Waals surface area contributed by atoms with E-state index in [2.05, 4.69) is 10.3 Å². The van der Waals surface area contributed by atoms with Gasteiger partial charge in [0.15, 0.2) is 9.84 Å². The quantitative estimate of drug-likeness (QED) is 0.550. The molecule has 0 unspecified atom stereocenters. The summed E-state index contributed by atoms with van der Waals surface area (Å²) < 4.78 is 32.9. The van der Waals surface area contributed by atoms with Gasteiger partial charge in [-0.05, 0) is 24.1 Å². The first-order chi connectivity index (χ1) is 16.2. The molecule has 0 bridgehead atoms. The van der Waals surface area contributed by atoms with Crippen LogP contribution in [0.3, 0.4) is 0 Å². The number of rotatable bonds is 6. The topological polar surface area (TPSA) is 129 Å². The summed E-state index contributed by atoms with van der Waals surface area (Å²) in [6.45, 7) is 1.52. The number of carbonyl (C=O) groups is 1. The fraction of sp³-hybridized carbons (Fsp3) is 0.217. The lowest BCUT2D eigenvalue weighted by molar-refractivity contribution is -0.116. The van der Waals surface area contributed by atoms with Gasteiger partial charge in [-0.25, -0.2) is 18.2 Å². The Morgan fingerprint density at radius 1 is 1.15 bits per heavy atom. The molecule has 1 aromatic carbocycles. The number of nitrogens with zero attached hydrogens (tertiary/aromatic N) is 3. The van der Waals surface area contributed by atoms with Gasteiger partial charge in [-0.3, -0.25) is 18.7 Å². The summed E-state index contributed by atoms with van der Waals surface area (Å²) in [6, 6.07) is 12.2. The first-order valence-corrected chi connectivity index (χ1v) is 12.0. The van der Waals surface area contributed by atoms with Crippen LogP contribution in [0.4, 0.5) is 0 Å². The maximum absolute atomic E-state index is 13.2. The summed E-state index contributed by atoms with van der Waals surface area (Å²) in [4.78, 5) is 42.2. The Hall–Kier alpha value is -3.99. The first-order valence-electron chi connectivity index (χ1n) is 10.3. The van der Waals surface area contributed by atoms with Gasteiger partial charge in [0.25, 0.3) is 11.5 Å². The third-order valence-electron chi connectivity index (χ3n) is 5.50. The predicted octanol–water partition coefficient (Wildman–Crippen LogP) is 0.814. The molecule has 1 N–H and O–H groups in total. The fourth-order valence-corrected chi connectivity index (χ4v) is 5.14. The standard InChI is InChI=1S/C23H22N4O6S/c1-15-18-14-34(31,32)19(21(28)25-11-17-8-9-24-20(10-17)33-2)13-26(18)23(30)27(22(15)29)12-16-6-4-3-5-7-16/h3-10,13H,11-12,14H2,1-2H3,(H,25,28). The molecule has 34 heavy (non-hydrogen) atoms. The van der Waals surface area contributed by atoms with Crippen molar-refractivity contribution in [3.63, 3.8) is 0 Å². The minimum atomic E-state index is -4.08. The van der Waals surface area contributed by atoms with Crippen molar-refractivity contribution >= 4 is 21.9 Å². The van der Waals surface area contributed by atoms with Gasteiger partial charge >= 0.3 is 5.69 Å². The van der Waals surface area contributed by atoms with Gasteiger partial charge < -0.3 is 10.1 Å². The second kappa shape index (κ2) is 9.10. The smallest absolute Gasteiger partial charge is 0.335 e. The van der Waals surface area contributed by atoms with Gasteiger partial charge in [0, 0.05) is 30.6 Å². The Bertz CT molecular complexity index is 1520. The number of pyridine rings is 1. The Morgan fingerprint density at radius 2 is 1.88 bits per heavy atom. The number of benzene rings is 1. The van der Waals surface area contributed by atoms with Gasteiger partial charge in [-0.2, -0.15) is 0 Å². The molecule has 4 rings (SSSR count). The molecule has 1 amide bonds. The van der Waals surface area contributed by atoms with Crippen LogP contribution in [0, 0.1) is 6.92 Å². The normalized spacial score (nSPS) is 14.1. The van der Waals surface area contributed by atoms with Crippen LogP contribution in [0.1, 0.15) is 22.4 Å². The highest BCUT2D eigenvalue weighted by Gasteiger charge is 2.33. The molecule has 0 saturated heterocycles. The zero-order chi connectivity index (χ0) is 24.5. The first kappa shape index (κ1) is 23.2. The van der Waals surface area contributed by atoms with Gasteiger partial charge in [0.05, 0.1) is 25.1 Å². The van der Waals surface area contributed by atoms with Gasteiger partial charge in [0.2, 0.25) is 5.88 Å². The summed E-state index contributed by atoms with van der Waals surface area (Å²) in [7, 11) is -2.62. The van der Waals surface area contributed by atoms with Crippen molar-refractivity contribution in [2.75, 3.05) is 7.11 Å². The van der Waals surface area contributed by atoms with Crippen LogP contribution >= 0.6 is 0 Å². The lowest BCUT2D eigenvalue weighted by Crippen LogP contribution is -2.44. The van der Waals surface area contributed by atoms with E-state index in [1.54, 1.807) is 36.4 Å². The summed E-state index contributed by atoms with van der Waals surface area (Å²) in [5.74, 6) is -1.13. The third-order valence-corrected chi connectivity index (χ3v) is 7.12. The number of fused-ring (bicyclic) bond motifs is 1. The zero-order valence-corrected chi connectivity index (χ0v) is 19.3. The molecule has 0 saturated carbocycles. The van der Waals surface area contributed by atoms with Crippen molar-refractivity contribution in [2.45, 2.75) is 25.8 Å². The van der Waals surface area contributed by atoms with Crippen molar-refractivity contribution in [2.24, 2.45) is 0 Å². The minimum absolute atomic E-state index is 0.0195. The average Bonchev–Trinajstić information content (AvgIpc) is 2.84. The zero-order valence-electron chi connectivity index (χ0n) is 18.5. The molecule has 10 nitrogen and oxygen atoms in total. The summed E-state index contributed by atoms with van der Waals surface area (Å²) in [5.41, 5.74) is 0.295. The highest BCUT2D eigenvalue weighted by atomic mass is 32.2. The van der Waals surface area contributed by atoms with Crippen LogP contribution in [0.2, 0.25) is 0 Å². The number of amides is 1. The fourth-order valence-electron chi connectivity index (χ4n) is 3.65. The van der Waals surface area contributed by atoms with Gasteiger partial charge in [-0.1, -0.05) is 30.3 Å². The molecule has 11 heteroatoms. The Labute approximate surface area is 195 Å². The molecule has 3 heterocycles. The maximum atomic E-state index is 13.2. The molecule has 0 spiro atoms. The average molecular weight is 483 g/mol. The minimum Gasteiger partial charge on any atom is -0.481 e. The van der Waals surface area contributed by atoms with Crippen molar-refractivity contribution in [1.82, 2.24) is 19.4 Å². The molecule has 0 radical (unpaired) electrons. The molecule has 0 fully saturated rings. The number of sulfone groups is 1. The van der Waals surface area contributed by atoms with Crippen molar-refractivity contribution in [3.8, 4) is 5.88 Å². The molecule has 1 aliphatic rings. The highest BCUT2D eigenvalue weighted by molar-refractivity contribution is 7.95. The number of hydrogen-bond acceptors (Lipinski definition) is 7. The van der Waals surface area contributed by atoms with Crippen molar-refractivity contribution in [1.29, 1.82) is 0 Å². The van der Waals surface area contributed by atoms with Crippen LogP contribution < -0.4 is 21.3 Å². The van der Waals surface area contributed by atoms with Crippen LogP contribution in [0.25, 0.3) is 6.20 Å². The Kier molecular flexibility index (Phi) is 6.20. The maximum Gasteiger partial charge on any atom is 0.335 e. The number of ether oxygens (including phenoxy) is 1.